The summed E-state index contributed by atoms with van der Waals surface area (Å²) in [5, 5.41) is 0. The maximum Gasteiger partial charge on any atom is 0.230 e. The number of methoxy groups -OCH3 is 1. The van der Waals surface area contributed by atoms with Gasteiger partial charge in [-0.25, -0.2) is 9.97 Å². The maximum atomic E-state index is 13.2. The Hall–Kier alpha value is -3.21. The molecule has 0 aliphatic carbocycles. The van der Waals surface area contributed by atoms with Crippen molar-refractivity contribution in [3.63, 3.8) is 0 Å². The third-order valence-electron chi connectivity index (χ3n) is 5.50. The van der Waals surface area contributed by atoms with Crippen molar-refractivity contribution >= 4 is 5.91 Å². The Labute approximate surface area is 171 Å². The van der Waals surface area contributed by atoms with Crippen LogP contribution in [0.1, 0.15) is 36.1 Å². The predicted molar refractivity (Wildman–Crippen MR) is 113 cm³/mol. The number of carbonyl (C=O) groups is 1. The Morgan fingerprint density at radius 3 is 2.59 bits per heavy atom. The Morgan fingerprint density at radius 1 is 1.14 bits per heavy atom. The SMILES string of the molecule is CC[C@H](C(=O)N1CCc2nc(-c3ccc(OC)cc3)ncc2C1)c1ccccc1. The van der Waals surface area contributed by atoms with Crippen molar-refractivity contribution in [2.75, 3.05) is 13.7 Å². The molecule has 1 aliphatic heterocycles. The van der Waals surface area contributed by atoms with Crippen molar-refractivity contribution in [1.82, 2.24) is 14.9 Å². The van der Waals surface area contributed by atoms with Gasteiger partial charge in [0.1, 0.15) is 5.75 Å². The van der Waals surface area contributed by atoms with Gasteiger partial charge in [-0.3, -0.25) is 4.79 Å². The van der Waals surface area contributed by atoms with Crippen molar-refractivity contribution in [2.24, 2.45) is 0 Å². The van der Waals surface area contributed by atoms with Crippen LogP contribution < -0.4 is 4.74 Å². The van der Waals surface area contributed by atoms with E-state index in [2.05, 4.69) is 11.9 Å². The molecule has 0 unspecified atom stereocenters. The maximum absolute atomic E-state index is 13.2. The molecule has 2 heterocycles. The van der Waals surface area contributed by atoms with Gasteiger partial charge in [0.05, 0.1) is 18.7 Å². The summed E-state index contributed by atoms with van der Waals surface area (Å²) in [4.78, 5) is 24.4. The molecule has 29 heavy (non-hydrogen) atoms. The standard InChI is InChI=1S/C24H25N3O2/c1-3-21(17-7-5-4-6-8-17)24(28)27-14-13-22-19(16-27)15-25-23(26-22)18-9-11-20(29-2)12-10-18/h4-12,15,21H,3,13-14,16H2,1-2H3/t21-/m0/s1. The first-order valence-electron chi connectivity index (χ1n) is 10.0. The summed E-state index contributed by atoms with van der Waals surface area (Å²) in [5.41, 5.74) is 4.10. The molecule has 2 aromatic carbocycles. The van der Waals surface area contributed by atoms with Crippen LogP contribution in [0.5, 0.6) is 5.75 Å². The van der Waals surface area contributed by atoms with Gasteiger partial charge in [0.25, 0.3) is 0 Å². The average Bonchev–Trinajstić information content (AvgIpc) is 2.79. The van der Waals surface area contributed by atoms with Gasteiger partial charge in [-0.1, -0.05) is 37.3 Å². The normalized spacial score (nSPS) is 14.2. The highest BCUT2D eigenvalue weighted by Gasteiger charge is 2.28. The lowest BCUT2D eigenvalue weighted by molar-refractivity contribution is -0.133. The number of fused-ring (bicyclic) bond motifs is 1. The highest BCUT2D eigenvalue weighted by atomic mass is 16.5. The molecule has 0 bridgehead atoms. The molecule has 4 rings (SSSR count). The Morgan fingerprint density at radius 2 is 1.90 bits per heavy atom. The molecular formula is C24H25N3O2. The van der Waals surface area contributed by atoms with Crippen LogP contribution in [-0.2, 0) is 17.8 Å². The molecule has 3 aromatic rings. The van der Waals surface area contributed by atoms with E-state index in [4.69, 9.17) is 9.72 Å². The first kappa shape index (κ1) is 19.1. The van der Waals surface area contributed by atoms with E-state index in [1.165, 1.54) is 0 Å². The summed E-state index contributed by atoms with van der Waals surface area (Å²) in [7, 11) is 1.65. The van der Waals surface area contributed by atoms with Gasteiger partial charge in [0.2, 0.25) is 5.91 Å². The summed E-state index contributed by atoms with van der Waals surface area (Å²) in [6, 6.07) is 17.8. The Kier molecular flexibility index (Phi) is 5.56. The minimum Gasteiger partial charge on any atom is -0.497 e. The molecule has 0 fully saturated rings. The number of hydrogen-bond donors (Lipinski definition) is 0. The second-order valence-electron chi connectivity index (χ2n) is 7.28. The van der Waals surface area contributed by atoms with Crippen LogP contribution in [0, 0.1) is 0 Å². The number of amides is 1. The summed E-state index contributed by atoms with van der Waals surface area (Å²) < 4.78 is 5.21. The van der Waals surface area contributed by atoms with Gasteiger partial charge in [0.15, 0.2) is 5.82 Å². The zero-order chi connectivity index (χ0) is 20.2. The Balaban J connectivity index is 1.52. The van der Waals surface area contributed by atoms with Gasteiger partial charge in [-0.2, -0.15) is 0 Å². The second kappa shape index (κ2) is 8.43. The molecule has 1 aromatic heterocycles. The lowest BCUT2D eigenvalue weighted by Gasteiger charge is -2.31. The lowest BCUT2D eigenvalue weighted by atomic mass is 9.94. The minimum atomic E-state index is -0.0998. The van der Waals surface area contributed by atoms with Crippen molar-refractivity contribution in [3.8, 4) is 17.1 Å². The van der Waals surface area contributed by atoms with E-state index in [1.807, 2.05) is 65.7 Å². The van der Waals surface area contributed by atoms with Gasteiger partial charge in [-0.05, 0) is 36.2 Å². The molecule has 0 saturated heterocycles. The summed E-state index contributed by atoms with van der Waals surface area (Å²) in [6.07, 6.45) is 3.40. The first-order valence-corrected chi connectivity index (χ1v) is 10.0. The number of benzene rings is 2. The van der Waals surface area contributed by atoms with Crippen LogP contribution >= 0.6 is 0 Å². The molecule has 1 amide bonds. The number of carbonyl (C=O) groups excluding carboxylic acids is 1. The zero-order valence-corrected chi connectivity index (χ0v) is 16.8. The van der Waals surface area contributed by atoms with E-state index in [9.17, 15) is 4.79 Å². The van der Waals surface area contributed by atoms with E-state index in [0.29, 0.717) is 18.9 Å². The Bertz CT molecular complexity index is 987. The predicted octanol–water partition coefficient (Wildman–Crippen LogP) is 4.23. The van der Waals surface area contributed by atoms with Crippen LogP contribution in [0.15, 0.2) is 60.8 Å². The molecule has 1 aliphatic rings. The van der Waals surface area contributed by atoms with Crippen molar-refractivity contribution in [3.05, 3.63) is 77.6 Å². The molecule has 0 radical (unpaired) electrons. The van der Waals surface area contributed by atoms with Crippen LogP contribution in [0.2, 0.25) is 0 Å². The van der Waals surface area contributed by atoms with E-state index in [-0.39, 0.29) is 11.8 Å². The molecular weight excluding hydrogens is 362 g/mol. The van der Waals surface area contributed by atoms with Crippen LogP contribution in [0.3, 0.4) is 0 Å². The van der Waals surface area contributed by atoms with E-state index in [1.54, 1.807) is 7.11 Å². The van der Waals surface area contributed by atoms with Gasteiger partial charge in [-0.15, -0.1) is 0 Å². The van der Waals surface area contributed by atoms with Crippen molar-refractivity contribution in [2.45, 2.75) is 32.2 Å². The van der Waals surface area contributed by atoms with E-state index in [0.717, 1.165) is 41.0 Å². The average molecular weight is 387 g/mol. The summed E-state index contributed by atoms with van der Waals surface area (Å²) in [5.74, 6) is 1.60. The zero-order valence-electron chi connectivity index (χ0n) is 16.8. The number of ether oxygens (including phenoxy) is 1. The third-order valence-corrected chi connectivity index (χ3v) is 5.50. The van der Waals surface area contributed by atoms with E-state index >= 15 is 0 Å². The molecule has 0 N–H and O–H groups in total. The quantitative estimate of drug-likeness (QED) is 0.657. The summed E-state index contributed by atoms with van der Waals surface area (Å²) in [6.45, 7) is 3.33. The highest BCUT2D eigenvalue weighted by molar-refractivity contribution is 5.84. The monoisotopic (exact) mass is 387 g/mol. The van der Waals surface area contributed by atoms with Crippen LogP contribution in [0.4, 0.5) is 0 Å². The topological polar surface area (TPSA) is 55.3 Å². The largest absolute Gasteiger partial charge is 0.497 e. The lowest BCUT2D eigenvalue weighted by Crippen LogP contribution is -2.39. The number of rotatable bonds is 5. The van der Waals surface area contributed by atoms with E-state index < -0.39 is 0 Å². The molecule has 5 nitrogen and oxygen atoms in total. The fourth-order valence-corrected chi connectivity index (χ4v) is 3.84. The van der Waals surface area contributed by atoms with Gasteiger partial charge >= 0.3 is 0 Å². The third kappa shape index (κ3) is 3.99. The fraction of sp³-hybridized carbons (Fsp3) is 0.292. The highest BCUT2D eigenvalue weighted by Crippen LogP contribution is 2.27. The van der Waals surface area contributed by atoms with Gasteiger partial charge < -0.3 is 9.64 Å². The molecule has 0 spiro atoms. The number of aromatic nitrogens is 2. The second-order valence-corrected chi connectivity index (χ2v) is 7.28. The first-order chi connectivity index (χ1) is 14.2. The van der Waals surface area contributed by atoms with Crippen LogP contribution in [0.25, 0.3) is 11.4 Å². The number of hydrogen-bond acceptors (Lipinski definition) is 4. The summed E-state index contributed by atoms with van der Waals surface area (Å²) >= 11 is 0. The molecule has 1 atom stereocenters. The fourth-order valence-electron chi connectivity index (χ4n) is 3.84. The molecule has 148 valence electrons. The molecule has 0 saturated carbocycles. The smallest absolute Gasteiger partial charge is 0.230 e. The van der Waals surface area contributed by atoms with Crippen molar-refractivity contribution < 1.29 is 9.53 Å². The van der Waals surface area contributed by atoms with Gasteiger partial charge in [0, 0.05) is 36.8 Å². The number of nitrogens with zero attached hydrogens (tertiary/aromatic N) is 3. The van der Waals surface area contributed by atoms with Crippen molar-refractivity contribution in [1.29, 1.82) is 0 Å². The molecule has 5 heteroatoms. The minimum absolute atomic E-state index is 0.0998. The van der Waals surface area contributed by atoms with Crippen LogP contribution in [-0.4, -0.2) is 34.4 Å².